The lowest BCUT2D eigenvalue weighted by Gasteiger charge is -2.32. The van der Waals surface area contributed by atoms with Crippen molar-refractivity contribution in [1.82, 2.24) is 0 Å². The van der Waals surface area contributed by atoms with Crippen molar-refractivity contribution in [2.24, 2.45) is 0 Å². The van der Waals surface area contributed by atoms with E-state index < -0.39 is 5.60 Å². The summed E-state index contributed by atoms with van der Waals surface area (Å²) < 4.78 is 5.40. The molecule has 0 saturated heterocycles. The molecule has 0 bridgehead atoms. The zero-order valence-electron chi connectivity index (χ0n) is 11.4. The van der Waals surface area contributed by atoms with Gasteiger partial charge in [0, 0.05) is 7.11 Å². The van der Waals surface area contributed by atoms with Gasteiger partial charge in [-0.3, -0.25) is 0 Å². The van der Waals surface area contributed by atoms with Crippen molar-refractivity contribution in [3.63, 3.8) is 0 Å². The van der Waals surface area contributed by atoms with Crippen molar-refractivity contribution in [2.45, 2.75) is 51.2 Å². The second-order valence-electron chi connectivity index (χ2n) is 5.21. The molecular weight excluding hydrogens is 212 g/mol. The SMILES string of the molecule is CCC(O)(CCC(C)(C)OC)c1ccccc1. The van der Waals surface area contributed by atoms with Crippen molar-refractivity contribution in [3.05, 3.63) is 35.9 Å². The van der Waals surface area contributed by atoms with E-state index in [0.717, 1.165) is 18.4 Å². The molecule has 0 aromatic heterocycles. The fourth-order valence-electron chi connectivity index (χ4n) is 1.88. The summed E-state index contributed by atoms with van der Waals surface area (Å²) in [5, 5.41) is 10.7. The zero-order valence-corrected chi connectivity index (χ0v) is 11.4. The predicted molar refractivity (Wildman–Crippen MR) is 71.0 cm³/mol. The summed E-state index contributed by atoms with van der Waals surface area (Å²) in [4.78, 5) is 0. The van der Waals surface area contributed by atoms with Crippen LogP contribution >= 0.6 is 0 Å². The van der Waals surface area contributed by atoms with E-state index in [0.29, 0.717) is 6.42 Å². The summed E-state index contributed by atoms with van der Waals surface area (Å²) >= 11 is 0. The second kappa shape index (κ2) is 5.65. The molecule has 2 nitrogen and oxygen atoms in total. The summed E-state index contributed by atoms with van der Waals surface area (Å²) in [7, 11) is 1.72. The van der Waals surface area contributed by atoms with Gasteiger partial charge in [0.15, 0.2) is 0 Å². The van der Waals surface area contributed by atoms with Crippen LogP contribution in [0.4, 0.5) is 0 Å². The maximum Gasteiger partial charge on any atom is 0.0895 e. The van der Waals surface area contributed by atoms with Crippen LogP contribution in [0.15, 0.2) is 30.3 Å². The first-order valence-corrected chi connectivity index (χ1v) is 6.26. The Kier molecular flexibility index (Phi) is 4.72. The van der Waals surface area contributed by atoms with Gasteiger partial charge in [-0.2, -0.15) is 0 Å². The summed E-state index contributed by atoms with van der Waals surface area (Å²) in [6, 6.07) is 9.89. The lowest BCUT2D eigenvalue weighted by Crippen LogP contribution is -2.30. The molecule has 96 valence electrons. The van der Waals surface area contributed by atoms with E-state index in [-0.39, 0.29) is 5.60 Å². The fraction of sp³-hybridized carbons (Fsp3) is 0.600. The summed E-state index contributed by atoms with van der Waals surface area (Å²) in [5.74, 6) is 0. The van der Waals surface area contributed by atoms with E-state index in [2.05, 4.69) is 0 Å². The number of rotatable bonds is 6. The third-order valence-electron chi connectivity index (χ3n) is 3.59. The van der Waals surface area contributed by atoms with E-state index >= 15 is 0 Å². The van der Waals surface area contributed by atoms with E-state index in [9.17, 15) is 5.11 Å². The molecular formula is C15H24O2. The highest BCUT2D eigenvalue weighted by atomic mass is 16.5. The number of methoxy groups -OCH3 is 1. The van der Waals surface area contributed by atoms with Crippen LogP contribution in [0.1, 0.15) is 45.6 Å². The molecule has 1 rings (SSSR count). The molecule has 0 radical (unpaired) electrons. The highest BCUT2D eigenvalue weighted by Crippen LogP contribution is 2.32. The Hall–Kier alpha value is -0.860. The molecule has 0 spiro atoms. The summed E-state index contributed by atoms with van der Waals surface area (Å²) in [5.41, 5.74) is 0.0732. The van der Waals surface area contributed by atoms with Crippen molar-refractivity contribution in [2.75, 3.05) is 7.11 Å². The van der Waals surface area contributed by atoms with Crippen molar-refractivity contribution < 1.29 is 9.84 Å². The standard InChI is InChI=1S/C15H24O2/c1-5-15(16,12-11-14(2,3)17-4)13-9-7-6-8-10-13/h6-10,16H,5,11-12H2,1-4H3. The molecule has 1 atom stereocenters. The van der Waals surface area contributed by atoms with Crippen LogP contribution in [0, 0.1) is 0 Å². The van der Waals surface area contributed by atoms with Gasteiger partial charge in [0.25, 0.3) is 0 Å². The van der Waals surface area contributed by atoms with Crippen LogP contribution in [0.2, 0.25) is 0 Å². The molecule has 0 aliphatic heterocycles. The molecule has 1 aromatic rings. The third-order valence-corrected chi connectivity index (χ3v) is 3.59. The lowest BCUT2D eigenvalue weighted by molar-refractivity contribution is -0.0306. The van der Waals surface area contributed by atoms with Gasteiger partial charge >= 0.3 is 0 Å². The minimum atomic E-state index is -0.739. The van der Waals surface area contributed by atoms with Crippen molar-refractivity contribution in [3.8, 4) is 0 Å². The van der Waals surface area contributed by atoms with E-state index in [1.54, 1.807) is 7.11 Å². The first-order chi connectivity index (χ1) is 7.93. The van der Waals surface area contributed by atoms with Gasteiger partial charge in [-0.1, -0.05) is 37.3 Å². The predicted octanol–water partition coefficient (Wildman–Crippen LogP) is 3.49. The van der Waals surface area contributed by atoms with Crippen molar-refractivity contribution >= 4 is 0 Å². The monoisotopic (exact) mass is 236 g/mol. The number of ether oxygens (including phenoxy) is 1. The summed E-state index contributed by atoms with van der Waals surface area (Å²) in [6.45, 7) is 6.12. The minimum absolute atomic E-state index is 0.183. The Labute approximate surface area is 105 Å². The maximum absolute atomic E-state index is 10.7. The lowest BCUT2D eigenvalue weighted by atomic mass is 9.84. The molecule has 1 N–H and O–H groups in total. The molecule has 0 saturated carbocycles. The number of hydrogen-bond acceptors (Lipinski definition) is 2. The van der Waals surface area contributed by atoms with Gasteiger partial charge in [-0.15, -0.1) is 0 Å². The van der Waals surface area contributed by atoms with Crippen LogP contribution < -0.4 is 0 Å². The van der Waals surface area contributed by atoms with Crippen LogP contribution in [-0.4, -0.2) is 17.8 Å². The topological polar surface area (TPSA) is 29.5 Å². The number of benzene rings is 1. The molecule has 2 heteroatoms. The molecule has 0 heterocycles. The molecule has 17 heavy (non-hydrogen) atoms. The molecule has 0 aliphatic carbocycles. The third kappa shape index (κ3) is 3.83. The highest BCUT2D eigenvalue weighted by molar-refractivity contribution is 5.22. The van der Waals surface area contributed by atoms with E-state index in [1.165, 1.54) is 0 Å². The Balaban J connectivity index is 2.77. The van der Waals surface area contributed by atoms with Gasteiger partial charge in [0.1, 0.15) is 0 Å². The van der Waals surface area contributed by atoms with Gasteiger partial charge in [-0.25, -0.2) is 0 Å². The molecule has 0 aliphatic rings. The molecule has 0 amide bonds. The number of aliphatic hydroxyl groups is 1. The van der Waals surface area contributed by atoms with Gasteiger partial charge in [0.2, 0.25) is 0 Å². The average Bonchev–Trinajstić information content (AvgIpc) is 2.37. The second-order valence-corrected chi connectivity index (χ2v) is 5.21. The van der Waals surface area contributed by atoms with Crippen LogP contribution in [0.3, 0.4) is 0 Å². The fourth-order valence-corrected chi connectivity index (χ4v) is 1.88. The maximum atomic E-state index is 10.7. The average molecular weight is 236 g/mol. The first kappa shape index (κ1) is 14.2. The van der Waals surface area contributed by atoms with E-state index in [1.807, 2.05) is 51.1 Å². The quantitative estimate of drug-likeness (QED) is 0.819. The van der Waals surface area contributed by atoms with Gasteiger partial charge in [0.05, 0.1) is 11.2 Å². The van der Waals surface area contributed by atoms with Crippen LogP contribution in [0.25, 0.3) is 0 Å². The molecule has 1 unspecified atom stereocenters. The Morgan fingerprint density at radius 2 is 1.71 bits per heavy atom. The molecule has 1 aromatic carbocycles. The van der Waals surface area contributed by atoms with Crippen LogP contribution in [0.5, 0.6) is 0 Å². The Bertz CT molecular complexity index is 332. The smallest absolute Gasteiger partial charge is 0.0895 e. The summed E-state index contributed by atoms with van der Waals surface area (Å²) in [6.07, 6.45) is 2.27. The largest absolute Gasteiger partial charge is 0.385 e. The zero-order chi connectivity index (χ0) is 12.9. The Morgan fingerprint density at radius 1 is 1.12 bits per heavy atom. The van der Waals surface area contributed by atoms with Gasteiger partial charge in [-0.05, 0) is 38.7 Å². The van der Waals surface area contributed by atoms with Crippen molar-refractivity contribution in [1.29, 1.82) is 0 Å². The first-order valence-electron chi connectivity index (χ1n) is 6.26. The van der Waals surface area contributed by atoms with Gasteiger partial charge < -0.3 is 9.84 Å². The van der Waals surface area contributed by atoms with Crippen LogP contribution in [-0.2, 0) is 10.3 Å². The van der Waals surface area contributed by atoms with E-state index in [4.69, 9.17) is 4.74 Å². The Morgan fingerprint density at radius 3 is 2.18 bits per heavy atom. The highest BCUT2D eigenvalue weighted by Gasteiger charge is 2.29. The normalized spacial score (nSPS) is 15.6. The number of hydrogen-bond donors (Lipinski definition) is 1. The minimum Gasteiger partial charge on any atom is -0.385 e. The molecule has 0 fully saturated rings.